The van der Waals surface area contributed by atoms with Crippen molar-refractivity contribution >= 4 is 6.29 Å². The summed E-state index contributed by atoms with van der Waals surface area (Å²) < 4.78 is 0. The van der Waals surface area contributed by atoms with E-state index in [4.69, 9.17) is 0 Å². The van der Waals surface area contributed by atoms with Crippen LogP contribution in [0.15, 0.2) is 36.5 Å². The quantitative estimate of drug-likeness (QED) is 0.0844. The van der Waals surface area contributed by atoms with Crippen molar-refractivity contribution in [1.29, 1.82) is 0 Å². The molecule has 0 fully saturated rings. The molecule has 27 heavy (non-hydrogen) atoms. The molecule has 5 nitrogen and oxygen atoms in total. The zero-order chi connectivity index (χ0) is 20.2. The van der Waals surface area contributed by atoms with Crippen molar-refractivity contribution in [3.8, 4) is 0 Å². The van der Waals surface area contributed by atoms with Crippen molar-refractivity contribution in [2.24, 2.45) is 0 Å². The van der Waals surface area contributed by atoms with Crippen molar-refractivity contribution < 1.29 is 14.8 Å². The number of hydrogen-bond acceptors (Lipinski definition) is 4. The van der Waals surface area contributed by atoms with Gasteiger partial charge in [0.05, 0.1) is 0 Å². The van der Waals surface area contributed by atoms with Gasteiger partial charge in [0.2, 0.25) is 6.04 Å². The number of aliphatic hydroxyl groups excluding tert-OH is 1. The minimum Gasteiger partial charge on any atom is -0.386 e. The van der Waals surface area contributed by atoms with Crippen molar-refractivity contribution in [2.45, 2.75) is 96.1 Å². The Morgan fingerprint density at radius 2 is 1.48 bits per heavy atom. The lowest BCUT2D eigenvalue weighted by Gasteiger charge is -2.12. The lowest BCUT2D eigenvalue weighted by molar-refractivity contribution is -0.533. The Labute approximate surface area is 164 Å². The van der Waals surface area contributed by atoms with Crippen LogP contribution in [0, 0.1) is 10.1 Å². The molecule has 0 saturated carbocycles. The van der Waals surface area contributed by atoms with Crippen LogP contribution in [0.4, 0.5) is 0 Å². The van der Waals surface area contributed by atoms with E-state index in [1.54, 1.807) is 6.08 Å². The summed E-state index contributed by atoms with van der Waals surface area (Å²) in [5, 5.41) is 21.3. The first-order valence-corrected chi connectivity index (χ1v) is 10.3. The van der Waals surface area contributed by atoms with Gasteiger partial charge in [-0.2, -0.15) is 0 Å². The van der Waals surface area contributed by atoms with E-state index in [2.05, 4.69) is 13.0 Å². The molecule has 154 valence electrons. The summed E-state index contributed by atoms with van der Waals surface area (Å²) in [7, 11) is 0. The van der Waals surface area contributed by atoms with Crippen LogP contribution >= 0.6 is 0 Å². The summed E-state index contributed by atoms with van der Waals surface area (Å²) in [4.78, 5) is 21.0. The molecule has 5 heteroatoms. The molecule has 0 radical (unpaired) electrons. The Kier molecular flexibility index (Phi) is 17.8. The van der Waals surface area contributed by atoms with E-state index >= 15 is 0 Å². The van der Waals surface area contributed by atoms with E-state index in [1.165, 1.54) is 6.42 Å². The number of aldehydes is 1. The van der Waals surface area contributed by atoms with Gasteiger partial charge in [-0.1, -0.05) is 69.1 Å². The highest BCUT2D eigenvalue weighted by Gasteiger charge is 2.27. The molecule has 1 N–H and O–H groups in total. The van der Waals surface area contributed by atoms with Crippen LogP contribution in [-0.4, -0.2) is 28.5 Å². The average Bonchev–Trinajstić information content (AvgIpc) is 2.65. The maximum absolute atomic E-state index is 11.2. The van der Waals surface area contributed by atoms with E-state index in [-0.39, 0.29) is 17.8 Å². The van der Waals surface area contributed by atoms with Crippen LogP contribution < -0.4 is 0 Å². The fraction of sp³-hybridized carbons (Fsp3) is 0.682. The fourth-order valence-corrected chi connectivity index (χ4v) is 2.72. The molecule has 0 amide bonds. The molecule has 0 saturated heterocycles. The van der Waals surface area contributed by atoms with Crippen LogP contribution in [-0.2, 0) is 4.79 Å². The van der Waals surface area contributed by atoms with Crippen molar-refractivity contribution in [1.82, 2.24) is 0 Å². The minimum atomic E-state index is -0.970. The van der Waals surface area contributed by atoms with Crippen LogP contribution in [0.5, 0.6) is 0 Å². The normalized spacial score (nSPS) is 14.3. The molecule has 0 aliphatic heterocycles. The summed E-state index contributed by atoms with van der Waals surface area (Å²) in [6, 6.07) is -0.951. The molecular weight excluding hydrogens is 342 g/mol. The van der Waals surface area contributed by atoms with Gasteiger partial charge in [-0.05, 0) is 38.5 Å². The highest BCUT2D eigenvalue weighted by molar-refractivity contribution is 5.48. The number of carbonyl (C=O) groups is 1. The predicted molar refractivity (Wildman–Crippen MR) is 111 cm³/mol. The Hall–Kier alpha value is -1.75. The van der Waals surface area contributed by atoms with Gasteiger partial charge in [-0.25, -0.2) is 0 Å². The van der Waals surface area contributed by atoms with Gasteiger partial charge in [-0.15, -0.1) is 0 Å². The minimum absolute atomic E-state index is 0.272. The van der Waals surface area contributed by atoms with Crippen LogP contribution in [0.25, 0.3) is 0 Å². The molecule has 0 aromatic carbocycles. The average molecular weight is 380 g/mol. The second kappa shape index (κ2) is 19.0. The zero-order valence-electron chi connectivity index (χ0n) is 16.8. The Morgan fingerprint density at radius 3 is 2.15 bits per heavy atom. The van der Waals surface area contributed by atoms with Crippen molar-refractivity contribution in [2.75, 3.05) is 0 Å². The molecular formula is C22H37NO4. The Bertz CT molecular complexity index is 457. The number of nitrogens with zero attached hydrogens (tertiary/aromatic N) is 1. The van der Waals surface area contributed by atoms with Gasteiger partial charge in [0.1, 0.15) is 12.4 Å². The van der Waals surface area contributed by atoms with E-state index in [0.717, 1.165) is 57.7 Å². The third-order valence-electron chi connectivity index (χ3n) is 4.44. The largest absolute Gasteiger partial charge is 0.386 e. The SMILES string of the molecule is CCCCC/C=C\CC(C(O)C/C=C\C=C/CCCCCCC=O)[N+](=O)[O-]. The maximum atomic E-state index is 11.2. The first kappa shape index (κ1) is 25.2. The third-order valence-corrected chi connectivity index (χ3v) is 4.44. The molecule has 2 unspecified atom stereocenters. The van der Waals surface area contributed by atoms with Gasteiger partial charge < -0.3 is 9.90 Å². The second-order valence-electron chi connectivity index (χ2n) is 6.87. The monoisotopic (exact) mass is 379 g/mol. The van der Waals surface area contributed by atoms with Crippen molar-refractivity contribution in [3.63, 3.8) is 0 Å². The summed E-state index contributed by atoms with van der Waals surface area (Å²) in [6.45, 7) is 2.14. The molecule has 0 bridgehead atoms. The molecule has 0 aliphatic carbocycles. The number of aliphatic hydroxyl groups is 1. The van der Waals surface area contributed by atoms with E-state index in [9.17, 15) is 20.0 Å². The van der Waals surface area contributed by atoms with Gasteiger partial charge in [-0.3, -0.25) is 10.1 Å². The second-order valence-corrected chi connectivity index (χ2v) is 6.87. The highest BCUT2D eigenvalue weighted by atomic mass is 16.6. The predicted octanol–water partition coefficient (Wildman–Crippen LogP) is 5.56. The molecule has 0 spiro atoms. The summed E-state index contributed by atoms with van der Waals surface area (Å²) in [5.41, 5.74) is 0. The number of hydrogen-bond donors (Lipinski definition) is 1. The Balaban J connectivity index is 3.99. The molecule has 0 rings (SSSR count). The van der Waals surface area contributed by atoms with E-state index in [0.29, 0.717) is 6.42 Å². The number of allylic oxidation sites excluding steroid dienone is 4. The van der Waals surface area contributed by atoms with Gasteiger partial charge in [0, 0.05) is 17.8 Å². The van der Waals surface area contributed by atoms with Gasteiger partial charge in [0.15, 0.2) is 0 Å². The molecule has 2 atom stereocenters. The standard InChI is InChI=1S/C22H37NO4/c1-2-3-4-5-12-15-18-21(23(26)27)22(25)19-16-13-10-8-6-7-9-11-14-17-20-24/h8,10,12-13,15-16,20-22,25H,2-7,9,11,14,17-19H2,1H3/b10-8-,15-12-,16-13-. The maximum Gasteiger partial charge on any atom is 0.242 e. The smallest absolute Gasteiger partial charge is 0.242 e. The summed E-state index contributed by atoms with van der Waals surface area (Å²) in [5.74, 6) is 0. The molecule has 0 aliphatic rings. The molecule has 0 aromatic rings. The first-order valence-electron chi connectivity index (χ1n) is 10.3. The number of carbonyl (C=O) groups excluding carboxylic acids is 1. The molecule has 0 heterocycles. The number of rotatable bonds is 18. The topological polar surface area (TPSA) is 80.4 Å². The lowest BCUT2D eigenvalue weighted by atomic mass is 10.0. The first-order chi connectivity index (χ1) is 13.1. The van der Waals surface area contributed by atoms with Crippen molar-refractivity contribution in [3.05, 3.63) is 46.6 Å². The zero-order valence-corrected chi connectivity index (χ0v) is 16.8. The number of nitro groups is 1. The van der Waals surface area contributed by atoms with Crippen LogP contribution in [0.2, 0.25) is 0 Å². The lowest BCUT2D eigenvalue weighted by Crippen LogP contribution is -2.32. The summed E-state index contributed by atoms with van der Waals surface area (Å²) >= 11 is 0. The number of unbranched alkanes of at least 4 members (excludes halogenated alkanes) is 8. The highest BCUT2D eigenvalue weighted by Crippen LogP contribution is 2.11. The van der Waals surface area contributed by atoms with Gasteiger partial charge in [0.25, 0.3) is 0 Å². The third kappa shape index (κ3) is 16.2. The van der Waals surface area contributed by atoms with E-state index in [1.807, 2.05) is 24.3 Å². The van der Waals surface area contributed by atoms with E-state index < -0.39 is 12.1 Å². The molecule has 0 aromatic heterocycles. The van der Waals surface area contributed by atoms with Crippen LogP contribution in [0.1, 0.15) is 84.0 Å². The summed E-state index contributed by atoms with van der Waals surface area (Å²) in [6.07, 6.45) is 22.3. The van der Waals surface area contributed by atoms with Crippen LogP contribution in [0.3, 0.4) is 0 Å². The fourth-order valence-electron chi connectivity index (χ4n) is 2.72. The Morgan fingerprint density at radius 1 is 0.852 bits per heavy atom. The van der Waals surface area contributed by atoms with Gasteiger partial charge >= 0.3 is 0 Å².